The number of hydrogen-bond acceptors (Lipinski definition) is 1. The Morgan fingerprint density at radius 2 is 2.27 bits per heavy atom. The Morgan fingerprint density at radius 3 is 3.09 bits per heavy atom. The average Bonchev–Trinajstić information content (AvgIpc) is 2.45. The lowest BCUT2D eigenvalue weighted by Gasteiger charge is -1.95. The van der Waals surface area contributed by atoms with E-state index in [0.717, 1.165) is 0 Å². The van der Waals surface area contributed by atoms with Crippen molar-refractivity contribution >= 4 is 21.4 Å². The molecule has 4 heteroatoms. The van der Waals surface area contributed by atoms with Gasteiger partial charge in [0.25, 0.3) is 0 Å². The third-order valence-corrected chi connectivity index (χ3v) is 2.08. The van der Waals surface area contributed by atoms with Crippen molar-refractivity contribution in [1.82, 2.24) is 9.61 Å². The third-order valence-electron chi connectivity index (χ3n) is 1.47. The van der Waals surface area contributed by atoms with Crippen LogP contribution in [0.4, 0.5) is 4.39 Å². The number of nitrogens with zero attached hydrogens (tertiary/aromatic N) is 2. The summed E-state index contributed by atoms with van der Waals surface area (Å²) in [6, 6.07) is 3.25. The summed E-state index contributed by atoms with van der Waals surface area (Å²) < 4.78 is 15.1. The van der Waals surface area contributed by atoms with Gasteiger partial charge < -0.3 is 0 Å². The Hall–Kier alpha value is -0.900. The molecule has 0 unspecified atom stereocenters. The summed E-state index contributed by atoms with van der Waals surface area (Å²) in [6.45, 7) is 0. The zero-order chi connectivity index (χ0) is 7.84. The van der Waals surface area contributed by atoms with Gasteiger partial charge in [0.15, 0.2) is 5.82 Å². The summed E-state index contributed by atoms with van der Waals surface area (Å²) in [5.74, 6) is -0.273. The van der Waals surface area contributed by atoms with Gasteiger partial charge in [0.05, 0.1) is 10.7 Å². The van der Waals surface area contributed by atoms with Gasteiger partial charge in [0.2, 0.25) is 0 Å². The van der Waals surface area contributed by atoms with Crippen molar-refractivity contribution in [3.8, 4) is 0 Å². The highest BCUT2D eigenvalue weighted by Crippen LogP contribution is 2.18. The van der Waals surface area contributed by atoms with Crippen LogP contribution in [0.25, 0.3) is 5.52 Å². The van der Waals surface area contributed by atoms with E-state index < -0.39 is 0 Å². The average molecular weight is 215 g/mol. The van der Waals surface area contributed by atoms with Gasteiger partial charge in [-0.3, -0.25) is 0 Å². The van der Waals surface area contributed by atoms with Gasteiger partial charge in [0, 0.05) is 6.20 Å². The molecule has 0 spiro atoms. The molecule has 56 valence electrons. The molecule has 2 aromatic rings. The molecule has 0 bridgehead atoms. The quantitative estimate of drug-likeness (QED) is 0.658. The smallest absolute Gasteiger partial charge is 0.163 e. The lowest BCUT2D eigenvalue weighted by Crippen LogP contribution is -1.89. The van der Waals surface area contributed by atoms with Gasteiger partial charge in [0.1, 0.15) is 5.52 Å². The second-order valence-electron chi connectivity index (χ2n) is 2.14. The molecular weight excluding hydrogens is 211 g/mol. The zero-order valence-electron chi connectivity index (χ0n) is 5.46. The van der Waals surface area contributed by atoms with E-state index in [9.17, 15) is 4.39 Å². The maximum Gasteiger partial charge on any atom is 0.163 e. The van der Waals surface area contributed by atoms with Crippen molar-refractivity contribution in [3.05, 3.63) is 34.8 Å². The fourth-order valence-electron chi connectivity index (χ4n) is 0.938. The minimum Gasteiger partial charge on any atom is -0.238 e. The molecule has 0 amide bonds. The van der Waals surface area contributed by atoms with Crippen molar-refractivity contribution in [2.45, 2.75) is 0 Å². The van der Waals surface area contributed by atoms with Crippen molar-refractivity contribution in [2.24, 2.45) is 0 Å². The molecule has 2 rings (SSSR count). The number of rotatable bonds is 0. The number of fused-ring (bicyclic) bond motifs is 1. The molecule has 0 aliphatic heterocycles. The maximum absolute atomic E-state index is 13.1. The standard InChI is InChI=1S/C7H4BrFN2/c8-5-2-4-11-6(7(5)9)1-3-10-11/h1-4H. The van der Waals surface area contributed by atoms with E-state index in [2.05, 4.69) is 21.0 Å². The van der Waals surface area contributed by atoms with Gasteiger partial charge >= 0.3 is 0 Å². The molecule has 11 heavy (non-hydrogen) atoms. The van der Waals surface area contributed by atoms with Crippen LogP contribution >= 0.6 is 15.9 Å². The highest BCUT2D eigenvalue weighted by molar-refractivity contribution is 9.10. The summed E-state index contributed by atoms with van der Waals surface area (Å²) in [6.07, 6.45) is 3.26. The summed E-state index contributed by atoms with van der Waals surface area (Å²) in [4.78, 5) is 0. The predicted molar refractivity (Wildman–Crippen MR) is 42.9 cm³/mol. The van der Waals surface area contributed by atoms with Gasteiger partial charge in [-0.1, -0.05) is 0 Å². The lowest BCUT2D eigenvalue weighted by molar-refractivity contribution is 0.623. The third kappa shape index (κ3) is 0.939. The van der Waals surface area contributed by atoms with Gasteiger partial charge in [-0.2, -0.15) is 5.10 Å². The van der Waals surface area contributed by atoms with Gasteiger partial charge in [-0.15, -0.1) is 0 Å². The maximum atomic E-state index is 13.1. The number of pyridine rings is 1. The summed E-state index contributed by atoms with van der Waals surface area (Å²) in [7, 11) is 0. The number of halogens is 2. The highest BCUT2D eigenvalue weighted by Gasteiger charge is 2.03. The normalized spacial score (nSPS) is 10.7. The van der Waals surface area contributed by atoms with Gasteiger partial charge in [-0.25, -0.2) is 8.91 Å². The molecule has 0 saturated heterocycles. The lowest BCUT2D eigenvalue weighted by atomic mass is 10.4. The second-order valence-corrected chi connectivity index (χ2v) is 2.99. The molecule has 0 fully saturated rings. The fraction of sp³-hybridized carbons (Fsp3) is 0. The molecule has 0 atom stereocenters. The van der Waals surface area contributed by atoms with Crippen molar-refractivity contribution in [2.75, 3.05) is 0 Å². The summed E-state index contributed by atoms with van der Waals surface area (Å²) in [5.41, 5.74) is 0.486. The highest BCUT2D eigenvalue weighted by atomic mass is 79.9. The minimum absolute atomic E-state index is 0.273. The first-order valence-corrected chi connectivity index (χ1v) is 3.85. The van der Waals surface area contributed by atoms with Crippen LogP contribution in [0.2, 0.25) is 0 Å². The van der Waals surface area contributed by atoms with Gasteiger partial charge in [-0.05, 0) is 28.1 Å². The van der Waals surface area contributed by atoms with Crippen LogP contribution in [0, 0.1) is 5.82 Å². The zero-order valence-corrected chi connectivity index (χ0v) is 7.05. The SMILES string of the molecule is Fc1c(Br)ccn2nccc12. The molecular formula is C7H4BrFN2. The first-order valence-electron chi connectivity index (χ1n) is 3.06. The molecule has 0 radical (unpaired) electrons. The van der Waals surface area contributed by atoms with Crippen LogP contribution in [-0.4, -0.2) is 9.61 Å². The minimum atomic E-state index is -0.273. The topological polar surface area (TPSA) is 17.3 Å². The van der Waals surface area contributed by atoms with E-state index in [4.69, 9.17) is 0 Å². The second kappa shape index (κ2) is 2.30. The van der Waals surface area contributed by atoms with E-state index >= 15 is 0 Å². The van der Waals surface area contributed by atoms with Crippen molar-refractivity contribution in [1.29, 1.82) is 0 Å². The van der Waals surface area contributed by atoms with E-state index in [1.165, 1.54) is 4.52 Å². The molecule has 0 aromatic carbocycles. The van der Waals surface area contributed by atoms with Crippen molar-refractivity contribution in [3.63, 3.8) is 0 Å². The number of aromatic nitrogens is 2. The van der Waals surface area contributed by atoms with Crippen LogP contribution in [0.1, 0.15) is 0 Å². The van der Waals surface area contributed by atoms with E-state index in [-0.39, 0.29) is 5.82 Å². The summed E-state index contributed by atoms with van der Waals surface area (Å²) >= 11 is 3.08. The largest absolute Gasteiger partial charge is 0.238 e. The van der Waals surface area contributed by atoms with Crippen LogP contribution < -0.4 is 0 Å². The Kier molecular flexibility index (Phi) is 1.42. The molecule has 0 N–H and O–H groups in total. The molecule has 0 saturated carbocycles. The monoisotopic (exact) mass is 214 g/mol. The Morgan fingerprint density at radius 1 is 1.45 bits per heavy atom. The van der Waals surface area contributed by atoms with Crippen LogP contribution in [0.5, 0.6) is 0 Å². The molecule has 0 aliphatic rings. The van der Waals surface area contributed by atoms with E-state index in [1.807, 2.05) is 0 Å². The molecule has 2 aromatic heterocycles. The van der Waals surface area contributed by atoms with Crippen LogP contribution in [-0.2, 0) is 0 Å². The first-order chi connectivity index (χ1) is 5.29. The summed E-state index contributed by atoms with van der Waals surface area (Å²) in [5, 5.41) is 3.88. The fourth-order valence-corrected chi connectivity index (χ4v) is 1.26. The van der Waals surface area contributed by atoms with Crippen molar-refractivity contribution < 1.29 is 4.39 Å². The van der Waals surface area contributed by atoms with E-state index in [1.54, 1.807) is 24.5 Å². The Labute approximate surface area is 70.8 Å². The number of hydrogen-bond donors (Lipinski definition) is 0. The molecule has 2 nitrogen and oxygen atoms in total. The van der Waals surface area contributed by atoms with Crippen LogP contribution in [0.15, 0.2) is 29.0 Å². The first kappa shape index (κ1) is 6.79. The molecule has 0 aliphatic carbocycles. The van der Waals surface area contributed by atoms with E-state index in [0.29, 0.717) is 9.99 Å². The Balaban J connectivity index is 2.93. The predicted octanol–water partition coefficient (Wildman–Crippen LogP) is 2.24. The van der Waals surface area contributed by atoms with Crippen LogP contribution in [0.3, 0.4) is 0 Å². The molecule has 2 heterocycles. The Bertz CT molecular complexity index is 396.